The number of ether oxygens (including phenoxy) is 1. The molecule has 2 atom stereocenters. The van der Waals surface area contributed by atoms with Crippen molar-refractivity contribution in [2.75, 3.05) is 20.3 Å². The molecule has 9 heteroatoms. The van der Waals surface area contributed by atoms with Crippen molar-refractivity contribution in [2.24, 2.45) is 7.05 Å². The zero-order valence-electron chi connectivity index (χ0n) is 16.3. The van der Waals surface area contributed by atoms with E-state index in [1.165, 1.54) is 12.1 Å². The van der Waals surface area contributed by atoms with Crippen LogP contribution in [-0.4, -0.2) is 46.2 Å². The minimum atomic E-state index is -0.574. The van der Waals surface area contributed by atoms with Crippen LogP contribution >= 0.6 is 28.1 Å². The molecule has 2 aliphatic heterocycles. The molecule has 4 rings (SSSR count). The molecule has 0 N–H and O–H groups in total. The van der Waals surface area contributed by atoms with E-state index >= 15 is 0 Å². The van der Waals surface area contributed by atoms with Crippen molar-refractivity contribution in [3.63, 3.8) is 0 Å². The molecule has 5 nitrogen and oxygen atoms in total. The Labute approximate surface area is 181 Å². The van der Waals surface area contributed by atoms with Crippen LogP contribution in [0.2, 0.25) is 0 Å². The molecule has 156 valence electrons. The molecule has 1 fully saturated rings. The smallest absolute Gasteiger partial charge is 0.228 e. The average molecular weight is 486 g/mol. The maximum absolute atomic E-state index is 14.6. The van der Waals surface area contributed by atoms with E-state index in [1.807, 2.05) is 16.2 Å². The van der Waals surface area contributed by atoms with Gasteiger partial charge in [0.2, 0.25) is 5.91 Å². The Morgan fingerprint density at radius 3 is 2.86 bits per heavy atom. The van der Waals surface area contributed by atoms with Gasteiger partial charge in [0.1, 0.15) is 11.6 Å². The number of imidazole rings is 1. The number of carbonyl (C=O) groups is 1. The van der Waals surface area contributed by atoms with E-state index in [1.54, 1.807) is 11.9 Å². The van der Waals surface area contributed by atoms with Crippen LogP contribution in [0.15, 0.2) is 16.6 Å². The van der Waals surface area contributed by atoms with Crippen molar-refractivity contribution < 1.29 is 18.3 Å². The zero-order chi connectivity index (χ0) is 20.9. The maximum atomic E-state index is 14.6. The van der Waals surface area contributed by atoms with Gasteiger partial charge in [0.05, 0.1) is 23.5 Å². The van der Waals surface area contributed by atoms with Crippen LogP contribution in [0, 0.1) is 16.4 Å². The number of aromatic nitrogens is 2. The summed E-state index contributed by atoms with van der Waals surface area (Å²) in [5, 5.41) is 0. The number of hydrogen-bond donors (Lipinski definition) is 0. The van der Waals surface area contributed by atoms with Crippen molar-refractivity contribution in [2.45, 2.75) is 37.8 Å². The molecule has 1 amide bonds. The van der Waals surface area contributed by atoms with E-state index in [0.29, 0.717) is 31.0 Å². The van der Waals surface area contributed by atoms with Crippen molar-refractivity contribution in [1.29, 1.82) is 0 Å². The van der Waals surface area contributed by atoms with Crippen molar-refractivity contribution >= 4 is 34.1 Å². The Hall–Kier alpha value is -1.58. The number of nitrogens with zero attached hydrogens (tertiary/aromatic N) is 3. The lowest BCUT2D eigenvalue weighted by Crippen LogP contribution is -2.38. The summed E-state index contributed by atoms with van der Waals surface area (Å²) in [6.45, 7) is 1.62. The predicted octanol–water partition coefficient (Wildman–Crippen LogP) is 3.73. The van der Waals surface area contributed by atoms with Crippen LogP contribution in [-0.2, 0) is 36.0 Å². The third kappa shape index (κ3) is 3.57. The number of amides is 1. The number of halogens is 3. The molecule has 1 aromatic heterocycles. The van der Waals surface area contributed by atoms with Gasteiger partial charge in [-0.25, -0.2) is 8.78 Å². The first-order chi connectivity index (χ1) is 13.8. The van der Waals surface area contributed by atoms with Gasteiger partial charge in [0, 0.05) is 50.1 Å². The maximum Gasteiger partial charge on any atom is 0.228 e. The Bertz CT molecular complexity index is 1030. The van der Waals surface area contributed by atoms with Gasteiger partial charge < -0.3 is 18.8 Å². The van der Waals surface area contributed by atoms with Crippen molar-refractivity contribution in [3.8, 4) is 0 Å². The Morgan fingerprint density at radius 2 is 2.17 bits per heavy atom. The summed E-state index contributed by atoms with van der Waals surface area (Å²) >= 11 is 8.69. The number of benzene rings is 1. The Morgan fingerprint density at radius 1 is 1.41 bits per heavy atom. The summed E-state index contributed by atoms with van der Waals surface area (Å²) < 4.78 is 38.9. The summed E-state index contributed by atoms with van der Waals surface area (Å²) in [4.78, 5) is 14.6. The zero-order valence-corrected chi connectivity index (χ0v) is 18.7. The molecule has 0 radical (unpaired) electrons. The lowest BCUT2D eigenvalue weighted by atomic mass is 9.95. The van der Waals surface area contributed by atoms with E-state index in [9.17, 15) is 13.6 Å². The monoisotopic (exact) mass is 485 g/mol. The Kier molecular flexibility index (Phi) is 5.65. The molecule has 29 heavy (non-hydrogen) atoms. The highest BCUT2D eigenvalue weighted by Gasteiger charge is 2.34. The molecule has 3 heterocycles. The van der Waals surface area contributed by atoms with Gasteiger partial charge in [-0.15, -0.1) is 0 Å². The second-order valence-electron chi connectivity index (χ2n) is 7.70. The predicted molar refractivity (Wildman–Crippen MR) is 110 cm³/mol. The average Bonchev–Trinajstić information content (AvgIpc) is 3.41. The van der Waals surface area contributed by atoms with E-state index < -0.39 is 11.6 Å². The number of likely N-dealkylation sites (N-methyl/N-ethyl adjacent to an activating group) is 1. The fourth-order valence-corrected chi connectivity index (χ4v) is 4.97. The first-order valence-corrected chi connectivity index (χ1v) is 10.7. The minimum Gasteiger partial charge on any atom is -0.379 e. The second kappa shape index (κ2) is 7.92. The fourth-order valence-electron chi connectivity index (χ4n) is 4.33. The highest BCUT2D eigenvalue weighted by molar-refractivity contribution is 9.10. The lowest BCUT2D eigenvalue weighted by Gasteiger charge is -2.23. The van der Waals surface area contributed by atoms with Gasteiger partial charge in [0.25, 0.3) is 0 Å². The van der Waals surface area contributed by atoms with Gasteiger partial charge in [-0.1, -0.05) is 0 Å². The van der Waals surface area contributed by atoms with Crippen molar-refractivity contribution in [3.05, 3.63) is 50.0 Å². The molecule has 2 unspecified atom stereocenters. The molecule has 2 aromatic rings. The van der Waals surface area contributed by atoms with Gasteiger partial charge in [0.15, 0.2) is 4.77 Å². The van der Waals surface area contributed by atoms with Crippen LogP contribution in [0.25, 0.3) is 0 Å². The number of hydrogen-bond acceptors (Lipinski definition) is 3. The first-order valence-electron chi connectivity index (χ1n) is 9.53. The lowest BCUT2D eigenvalue weighted by molar-refractivity contribution is -0.131. The van der Waals surface area contributed by atoms with Crippen molar-refractivity contribution in [1.82, 2.24) is 14.0 Å². The molecule has 0 aliphatic carbocycles. The van der Waals surface area contributed by atoms with Gasteiger partial charge in [-0.05, 0) is 53.1 Å². The summed E-state index contributed by atoms with van der Waals surface area (Å²) in [7, 11) is 3.63. The molecule has 0 saturated carbocycles. The second-order valence-corrected chi connectivity index (χ2v) is 8.92. The normalized spacial score (nSPS) is 20.9. The minimum absolute atomic E-state index is 0.0113. The SMILES string of the molecule is CN(C(=O)Cc1c2n(c(=S)n1C)CC(c1c(F)ccc(Br)c1F)C2)C1CCOC1. The third-order valence-electron chi connectivity index (χ3n) is 6.08. The largest absolute Gasteiger partial charge is 0.379 e. The van der Waals surface area contributed by atoms with E-state index in [0.717, 1.165) is 17.8 Å². The molecular weight excluding hydrogens is 464 g/mol. The summed E-state index contributed by atoms with van der Waals surface area (Å²) in [6.07, 6.45) is 1.47. The molecule has 1 aromatic carbocycles. The molecule has 2 aliphatic rings. The van der Waals surface area contributed by atoms with Crippen LogP contribution in [0.3, 0.4) is 0 Å². The van der Waals surface area contributed by atoms with Gasteiger partial charge in [-0.3, -0.25) is 4.79 Å². The van der Waals surface area contributed by atoms with E-state index in [2.05, 4.69) is 15.9 Å². The molecule has 0 spiro atoms. The number of fused-ring (bicyclic) bond motifs is 1. The van der Waals surface area contributed by atoms with Gasteiger partial charge in [-0.2, -0.15) is 0 Å². The number of carbonyl (C=O) groups excluding carboxylic acids is 1. The summed E-state index contributed by atoms with van der Waals surface area (Å²) in [6, 6.07) is 2.73. The van der Waals surface area contributed by atoms with Crippen LogP contribution in [0.4, 0.5) is 8.78 Å². The first kappa shape index (κ1) is 20.7. The van der Waals surface area contributed by atoms with E-state index in [4.69, 9.17) is 17.0 Å². The summed E-state index contributed by atoms with van der Waals surface area (Å²) in [5.41, 5.74) is 1.76. The van der Waals surface area contributed by atoms with E-state index in [-0.39, 0.29) is 34.3 Å². The highest BCUT2D eigenvalue weighted by Crippen LogP contribution is 2.37. The Balaban J connectivity index is 1.62. The quantitative estimate of drug-likeness (QED) is 0.489. The third-order valence-corrected chi connectivity index (χ3v) is 7.18. The molecular formula is C20H22BrF2N3O2S. The van der Waals surface area contributed by atoms with Crippen LogP contribution in [0.1, 0.15) is 29.3 Å². The van der Waals surface area contributed by atoms with Crippen LogP contribution in [0.5, 0.6) is 0 Å². The fraction of sp³-hybridized carbons (Fsp3) is 0.500. The highest BCUT2D eigenvalue weighted by atomic mass is 79.9. The van der Waals surface area contributed by atoms with Gasteiger partial charge >= 0.3 is 0 Å². The molecule has 1 saturated heterocycles. The summed E-state index contributed by atoms with van der Waals surface area (Å²) in [5.74, 6) is -1.51. The van der Waals surface area contributed by atoms with Crippen LogP contribution < -0.4 is 0 Å². The number of rotatable bonds is 4. The molecule has 0 bridgehead atoms. The topological polar surface area (TPSA) is 39.4 Å². The standard InChI is InChI=1S/C20H22BrF2N3O2S/c1-24(12-5-6-28-10-12)17(27)8-15-16-7-11(9-26(16)20(29)25(15)2)18-14(22)4-3-13(21)19(18)23/h3-4,11-12H,5-10H2,1-2H3.